The molecule has 0 radical (unpaired) electrons. The molecule has 19 heteroatoms. The molecule has 1 unspecified atom stereocenters. The lowest BCUT2D eigenvalue weighted by atomic mass is 9.80. The number of nitrogens with zero attached hydrogens (tertiary/aromatic N) is 2. The molecule has 7 rings (SSSR count). The van der Waals surface area contributed by atoms with Gasteiger partial charge in [-0.15, -0.1) is 0 Å². The summed E-state index contributed by atoms with van der Waals surface area (Å²) in [6.45, 7) is 14.1. The first kappa shape index (κ1) is 50.3. The molecule has 2 fully saturated rings. The maximum absolute atomic E-state index is 13.3. The number of ether oxygens (including phenoxy) is 5. The summed E-state index contributed by atoms with van der Waals surface area (Å²) in [6.07, 6.45) is 1.51. The van der Waals surface area contributed by atoms with Gasteiger partial charge in [0.15, 0.2) is 8.32 Å². The molecule has 5 aromatic rings. The van der Waals surface area contributed by atoms with E-state index >= 15 is 0 Å². The summed E-state index contributed by atoms with van der Waals surface area (Å²) in [7, 11) is -0.801. The van der Waals surface area contributed by atoms with Gasteiger partial charge in [0, 0.05) is 36.4 Å². The van der Waals surface area contributed by atoms with E-state index in [9.17, 15) is 19.2 Å². The highest BCUT2D eigenvalue weighted by molar-refractivity contribution is 8.52. The number of rotatable bonds is 18. The SMILES string of the molecule is COc1ccc(C(OC[C@H]2O[C@@H](n3cc(C)c(=O)[nH]c3=O)C[C@@H]2OP(OC[C@H]2O[C@@H](n3cc(C)c(=O)[nH]c3=O)C[C@@H]2O[Si](C)(C)C(C)(C)C)SC)(c2ccccc2)c2ccc(OC)cc2)cc1. The van der Waals surface area contributed by atoms with Gasteiger partial charge in [-0.1, -0.05) is 86.8 Å². The van der Waals surface area contributed by atoms with Crippen LogP contribution in [0.2, 0.25) is 18.1 Å². The van der Waals surface area contributed by atoms with Crippen molar-refractivity contribution in [3.05, 3.63) is 161 Å². The first-order valence-corrected chi connectivity index (χ1v) is 28.0. The van der Waals surface area contributed by atoms with Crippen molar-refractivity contribution < 1.29 is 37.2 Å². The molecule has 0 saturated carbocycles. The van der Waals surface area contributed by atoms with Crippen molar-refractivity contribution >= 4 is 27.3 Å². The Labute approximate surface area is 396 Å². The second-order valence-electron chi connectivity index (χ2n) is 18.3. The molecule has 67 heavy (non-hydrogen) atoms. The Kier molecular flexibility index (Phi) is 15.7. The van der Waals surface area contributed by atoms with Gasteiger partial charge in [0.2, 0.25) is 7.58 Å². The lowest BCUT2D eigenvalue weighted by Gasteiger charge is -2.39. The van der Waals surface area contributed by atoms with Gasteiger partial charge in [-0.3, -0.25) is 28.7 Å². The van der Waals surface area contributed by atoms with Crippen molar-refractivity contribution in [3.63, 3.8) is 0 Å². The van der Waals surface area contributed by atoms with E-state index in [1.165, 1.54) is 32.9 Å². The van der Waals surface area contributed by atoms with Gasteiger partial charge in [0.1, 0.15) is 41.8 Å². The van der Waals surface area contributed by atoms with Crippen molar-refractivity contribution in [1.82, 2.24) is 19.1 Å². The predicted molar refractivity (Wildman–Crippen MR) is 261 cm³/mol. The smallest absolute Gasteiger partial charge is 0.330 e. The predicted octanol–water partition coefficient (Wildman–Crippen LogP) is 7.69. The fourth-order valence-electron chi connectivity index (χ4n) is 8.09. The molecule has 0 bridgehead atoms. The van der Waals surface area contributed by atoms with Crippen LogP contribution in [0.1, 0.15) is 73.9 Å². The minimum atomic E-state index is -2.34. The number of aromatic amines is 2. The van der Waals surface area contributed by atoms with Crippen LogP contribution in [0.5, 0.6) is 11.5 Å². The van der Waals surface area contributed by atoms with Gasteiger partial charge in [0.05, 0.1) is 39.6 Å². The molecule has 7 atom stereocenters. The maximum atomic E-state index is 13.3. The van der Waals surface area contributed by atoms with Gasteiger partial charge < -0.3 is 37.2 Å². The monoisotopic (exact) mass is 976 g/mol. The van der Waals surface area contributed by atoms with E-state index in [1.54, 1.807) is 28.1 Å². The number of aromatic nitrogens is 4. The van der Waals surface area contributed by atoms with Crippen LogP contribution in [0, 0.1) is 13.8 Å². The van der Waals surface area contributed by atoms with Gasteiger partial charge in [0.25, 0.3) is 11.1 Å². The van der Waals surface area contributed by atoms with Crippen molar-refractivity contribution in [2.75, 3.05) is 33.7 Å². The molecule has 2 aromatic heterocycles. The van der Waals surface area contributed by atoms with Crippen LogP contribution in [-0.4, -0.2) is 85.5 Å². The van der Waals surface area contributed by atoms with Crippen molar-refractivity contribution in [1.29, 1.82) is 0 Å². The molecule has 0 aliphatic carbocycles. The molecule has 2 aliphatic rings. The largest absolute Gasteiger partial charge is 0.497 e. The summed E-state index contributed by atoms with van der Waals surface area (Å²) in [5, 5.41) is -0.113. The molecule has 0 spiro atoms. The zero-order valence-corrected chi connectivity index (χ0v) is 42.3. The minimum Gasteiger partial charge on any atom is -0.497 e. The molecule has 2 aliphatic heterocycles. The lowest BCUT2D eigenvalue weighted by molar-refractivity contribution is -0.0919. The molecule has 2 saturated heterocycles. The van der Waals surface area contributed by atoms with E-state index in [1.807, 2.05) is 85.1 Å². The number of nitrogens with one attached hydrogen (secondary N) is 2. The summed E-state index contributed by atoms with van der Waals surface area (Å²) in [5.74, 6) is 1.36. The third-order valence-electron chi connectivity index (χ3n) is 12.9. The average molecular weight is 977 g/mol. The van der Waals surface area contributed by atoms with Crippen LogP contribution in [0.15, 0.2) is 110 Å². The first-order valence-electron chi connectivity index (χ1n) is 22.1. The standard InChI is InChI=1S/C48H61N4O12PSSi/c1-30-26-51(45(55)49-43(30)53)41-24-37(63-65(66-8)60-29-40-38(64-67(9,10)47(3,4)5)25-42(62-40)52-27-31(2)44(54)50-46(52)56)39(61-41)28-59-48(32-14-12-11-13-15-32,33-16-20-35(57-6)21-17-33)34-18-22-36(58-7)23-19-34/h11-23,26-27,37-42H,24-25,28-29H2,1-10H3,(H,49,53,55)(H,50,54,56)/t37-,38-,39+,40+,41+,42+,65?/m0/s1. The van der Waals surface area contributed by atoms with Gasteiger partial charge in [-0.2, -0.15) is 0 Å². The molecular formula is C48H61N4O12PSSi. The molecule has 4 heterocycles. The number of aryl methyl sites for hydroxylation is 2. The Morgan fingerprint density at radius 3 is 1.63 bits per heavy atom. The van der Waals surface area contributed by atoms with E-state index in [0.29, 0.717) is 29.0 Å². The highest BCUT2D eigenvalue weighted by Crippen LogP contribution is 2.54. The Balaban J connectivity index is 1.20. The van der Waals surface area contributed by atoms with Crippen LogP contribution in [0.3, 0.4) is 0 Å². The Morgan fingerprint density at radius 1 is 0.701 bits per heavy atom. The van der Waals surface area contributed by atoms with Crippen molar-refractivity contribution in [2.45, 2.75) is 108 Å². The number of benzene rings is 3. The molecule has 0 amide bonds. The second-order valence-corrected chi connectivity index (χ2v) is 26.3. The normalized spacial score (nSPS) is 21.6. The summed E-state index contributed by atoms with van der Waals surface area (Å²) in [4.78, 5) is 55.9. The zero-order chi connectivity index (χ0) is 48.3. The van der Waals surface area contributed by atoms with Gasteiger partial charge >= 0.3 is 11.4 Å². The quantitative estimate of drug-likeness (QED) is 0.0496. The number of H-pyrrole nitrogens is 2. The van der Waals surface area contributed by atoms with Crippen LogP contribution in [0.25, 0.3) is 0 Å². The molecule has 2 N–H and O–H groups in total. The number of methoxy groups -OCH3 is 2. The van der Waals surface area contributed by atoms with E-state index in [0.717, 1.165) is 16.7 Å². The minimum absolute atomic E-state index is 0.00800. The van der Waals surface area contributed by atoms with E-state index in [-0.39, 0.29) is 24.7 Å². The molecule has 3 aromatic carbocycles. The molecule has 16 nitrogen and oxygen atoms in total. The topological polar surface area (TPSA) is 184 Å². The molecule has 360 valence electrons. The van der Waals surface area contributed by atoms with Crippen molar-refractivity contribution in [3.8, 4) is 11.5 Å². The lowest BCUT2D eigenvalue weighted by Crippen LogP contribution is -2.46. The van der Waals surface area contributed by atoms with E-state index in [4.69, 9.17) is 37.2 Å². The first-order chi connectivity index (χ1) is 31.9. The Bertz CT molecular complexity index is 2660. The third-order valence-corrected chi connectivity index (χ3v) is 20.0. The number of hydrogen-bond donors (Lipinski definition) is 2. The van der Waals surface area contributed by atoms with E-state index < -0.39 is 80.9 Å². The zero-order valence-electron chi connectivity index (χ0n) is 39.6. The average Bonchev–Trinajstić information content (AvgIpc) is 3.90. The van der Waals surface area contributed by atoms with Crippen LogP contribution < -0.4 is 32.0 Å². The fraction of sp³-hybridized carbons (Fsp3) is 0.458. The highest BCUT2D eigenvalue weighted by atomic mass is 32.7. The Morgan fingerprint density at radius 2 is 1.16 bits per heavy atom. The van der Waals surface area contributed by atoms with Crippen LogP contribution in [0.4, 0.5) is 0 Å². The summed E-state index contributed by atoms with van der Waals surface area (Å²) in [5.41, 5.74) is -0.0752. The third kappa shape index (κ3) is 11.0. The summed E-state index contributed by atoms with van der Waals surface area (Å²) >= 11 is 1.39. The summed E-state index contributed by atoms with van der Waals surface area (Å²) in [6, 6.07) is 25.3. The van der Waals surface area contributed by atoms with Gasteiger partial charge in [-0.25, -0.2) is 9.59 Å². The fourth-order valence-corrected chi connectivity index (χ4v) is 11.5. The number of hydrogen-bond acceptors (Lipinski definition) is 13. The maximum Gasteiger partial charge on any atom is 0.330 e. The highest BCUT2D eigenvalue weighted by Gasteiger charge is 2.47. The van der Waals surface area contributed by atoms with Crippen LogP contribution in [-0.2, 0) is 33.3 Å². The van der Waals surface area contributed by atoms with Crippen molar-refractivity contribution in [2.24, 2.45) is 0 Å². The molecular weight excluding hydrogens is 916 g/mol. The summed E-state index contributed by atoms with van der Waals surface area (Å²) < 4.78 is 54.8. The second kappa shape index (κ2) is 20.9. The Hall–Kier alpha value is -4.62. The van der Waals surface area contributed by atoms with E-state index in [2.05, 4.69) is 43.8 Å². The van der Waals surface area contributed by atoms with Crippen LogP contribution >= 0.6 is 19.0 Å². The van der Waals surface area contributed by atoms with Gasteiger partial charge in [-0.05, 0) is 79.2 Å².